The van der Waals surface area contributed by atoms with Gasteiger partial charge in [-0.15, -0.1) is 0 Å². The highest BCUT2D eigenvalue weighted by molar-refractivity contribution is 6.02. The molecule has 0 radical (unpaired) electrons. The van der Waals surface area contributed by atoms with Crippen LogP contribution in [0.3, 0.4) is 0 Å². The van der Waals surface area contributed by atoms with Gasteiger partial charge >= 0.3 is 5.97 Å². The van der Waals surface area contributed by atoms with Crippen molar-refractivity contribution in [2.24, 2.45) is 0 Å². The van der Waals surface area contributed by atoms with Gasteiger partial charge in [0.05, 0.1) is 0 Å². The quantitative estimate of drug-likeness (QED) is 0.892. The van der Waals surface area contributed by atoms with Crippen molar-refractivity contribution in [2.45, 2.75) is 46.7 Å². The molecule has 2 N–H and O–H groups in total. The van der Waals surface area contributed by atoms with Crippen molar-refractivity contribution in [3.05, 3.63) is 35.0 Å². The van der Waals surface area contributed by atoms with E-state index in [9.17, 15) is 9.59 Å². The molecule has 1 aromatic carbocycles. The Morgan fingerprint density at radius 3 is 2.55 bits per heavy atom. The van der Waals surface area contributed by atoms with E-state index in [4.69, 9.17) is 5.11 Å². The number of aryl methyl sites for hydroxylation is 3. The van der Waals surface area contributed by atoms with Gasteiger partial charge in [-0.2, -0.15) is 0 Å². The second-order valence-corrected chi connectivity index (χ2v) is 5.46. The maximum Gasteiger partial charge on any atom is 0.325 e. The van der Waals surface area contributed by atoms with Crippen molar-refractivity contribution in [2.75, 3.05) is 0 Å². The first-order valence-electron chi connectivity index (χ1n) is 7.56. The van der Waals surface area contributed by atoms with E-state index >= 15 is 0 Å². The van der Waals surface area contributed by atoms with Gasteiger partial charge in [-0.1, -0.05) is 13.0 Å². The van der Waals surface area contributed by atoms with Crippen LogP contribution in [-0.4, -0.2) is 27.6 Å². The van der Waals surface area contributed by atoms with Gasteiger partial charge in [0, 0.05) is 17.4 Å². The number of benzene rings is 1. The summed E-state index contributed by atoms with van der Waals surface area (Å²) in [6, 6.07) is 5.28. The second-order valence-electron chi connectivity index (χ2n) is 5.46. The van der Waals surface area contributed by atoms with Crippen molar-refractivity contribution >= 4 is 22.8 Å². The number of aromatic nitrogens is 1. The Bertz CT molecular complexity index is 731. The Kier molecular flexibility index (Phi) is 4.54. The normalized spacial score (nSPS) is 12.4. The van der Waals surface area contributed by atoms with Crippen LogP contribution in [0.2, 0.25) is 0 Å². The van der Waals surface area contributed by atoms with Gasteiger partial charge < -0.3 is 15.0 Å². The minimum atomic E-state index is -1.04. The number of nitrogens with zero attached hydrogens (tertiary/aromatic N) is 1. The number of aliphatic carboxylic acids is 1. The van der Waals surface area contributed by atoms with Gasteiger partial charge in [0.2, 0.25) is 0 Å². The van der Waals surface area contributed by atoms with Crippen molar-refractivity contribution in [1.82, 2.24) is 9.88 Å². The molecule has 5 heteroatoms. The summed E-state index contributed by atoms with van der Waals surface area (Å²) in [5, 5.41) is 12.6. The maximum atomic E-state index is 12.5. The Hall–Kier alpha value is -2.30. The molecule has 2 rings (SSSR count). The van der Waals surface area contributed by atoms with Gasteiger partial charge in [-0.3, -0.25) is 9.59 Å². The van der Waals surface area contributed by atoms with Crippen LogP contribution in [0.1, 0.15) is 42.4 Å². The highest BCUT2D eigenvalue weighted by Crippen LogP contribution is 2.27. The molecule has 118 valence electrons. The first-order chi connectivity index (χ1) is 10.4. The Morgan fingerprint density at radius 1 is 1.32 bits per heavy atom. The predicted molar refractivity (Wildman–Crippen MR) is 86.3 cm³/mol. The number of carbonyl (C=O) groups excluding carboxylic acids is 1. The van der Waals surface area contributed by atoms with E-state index < -0.39 is 12.0 Å². The molecule has 2 aromatic rings. The van der Waals surface area contributed by atoms with Gasteiger partial charge in [0.1, 0.15) is 11.7 Å². The topological polar surface area (TPSA) is 71.3 Å². The molecule has 1 heterocycles. The van der Waals surface area contributed by atoms with E-state index in [2.05, 4.69) is 24.4 Å². The Balaban J connectivity index is 2.55. The van der Waals surface area contributed by atoms with Crippen molar-refractivity contribution < 1.29 is 14.7 Å². The molecule has 0 aliphatic rings. The monoisotopic (exact) mass is 302 g/mol. The van der Waals surface area contributed by atoms with Crippen molar-refractivity contribution in [3.8, 4) is 0 Å². The molecule has 0 bridgehead atoms. The zero-order valence-corrected chi connectivity index (χ0v) is 13.4. The summed E-state index contributed by atoms with van der Waals surface area (Å²) in [5.41, 5.74) is 3.65. The molecule has 5 nitrogen and oxygen atoms in total. The number of carboxylic acids is 1. The highest BCUT2D eigenvalue weighted by Gasteiger charge is 2.22. The molecule has 1 unspecified atom stereocenters. The number of fused-ring (bicyclic) bond motifs is 1. The molecule has 1 aromatic heterocycles. The molecule has 1 amide bonds. The number of carboxylic acid groups (broad SMARTS) is 1. The molecule has 0 saturated carbocycles. The lowest BCUT2D eigenvalue weighted by molar-refractivity contribution is -0.138. The minimum Gasteiger partial charge on any atom is -0.480 e. The van der Waals surface area contributed by atoms with Crippen LogP contribution in [0, 0.1) is 6.92 Å². The number of hydrogen-bond donors (Lipinski definition) is 2. The summed E-state index contributed by atoms with van der Waals surface area (Å²) >= 11 is 0. The third-order valence-corrected chi connectivity index (χ3v) is 4.04. The van der Waals surface area contributed by atoms with Crippen LogP contribution in [0.25, 0.3) is 10.9 Å². The lowest BCUT2D eigenvalue weighted by atomic mass is 10.1. The highest BCUT2D eigenvalue weighted by atomic mass is 16.4. The van der Waals surface area contributed by atoms with Crippen LogP contribution in [-0.2, 0) is 17.8 Å². The van der Waals surface area contributed by atoms with Gasteiger partial charge in [-0.05, 0) is 50.5 Å². The fourth-order valence-corrected chi connectivity index (χ4v) is 2.74. The van der Waals surface area contributed by atoms with Crippen LogP contribution in [0.5, 0.6) is 0 Å². The molecule has 1 atom stereocenters. The first-order valence-corrected chi connectivity index (χ1v) is 7.56. The summed E-state index contributed by atoms with van der Waals surface area (Å²) in [5.74, 6) is -1.39. The standard InChI is InChI=1S/C17H22N2O3/c1-5-12-7-8-14-13(9-12)10(3)15(19(14)6-2)16(20)18-11(4)17(21)22/h7-9,11H,5-6H2,1-4H3,(H,18,20)(H,21,22). The van der Waals surface area contributed by atoms with E-state index in [1.54, 1.807) is 0 Å². The third-order valence-electron chi connectivity index (χ3n) is 4.04. The summed E-state index contributed by atoms with van der Waals surface area (Å²) in [6.45, 7) is 8.09. The van der Waals surface area contributed by atoms with Crippen LogP contribution < -0.4 is 5.32 Å². The van der Waals surface area contributed by atoms with Crippen LogP contribution >= 0.6 is 0 Å². The molecular weight excluding hydrogens is 280 g/mol. The summed E-state index contributed by atoms with van der Waals surface area (Å²) in [4.78, 5) is 23.4. The van der Waals surface area contributed by atoms with Crippen LogP contribution in [0.4, 0.5) is 0 Å². The maximum absolute atomic E-state index is 12.5. The smallest absolute Gasteiger partial charge is 0.325 e. The SMILES string of the molecule is CCc1ccc2c(c1)c(C)c(C(=O)NC(C)C(=O)O)n2CC. The number of rotatable bonds is 5. The fraction of sp³-hybridized carbons (Fsp3) is 0.412. The van der Waals surface area contributed by atoms with Crippen LogP contribution in [0.15, 0.2) is 18.2 Å². The molecule has 0 aliphatic carbocycles. The number of carbonyl (C=O) groups is 2. The average Bonchev–Trinajstić information content (AvgIpc) is 2.78. The molecule has 0 fully saturated rings. The second kappa shape index (κ2) is 6.22. The Labute approximate surface area is 129 Å². The fourth-order valence-electron chi connectivity index (χ4n) is 2.74. The first kappa shape index (κ1) is 16.1. The number of hydrogen-bond acceptors (Lipinski definition) is 2. The lowest BCUT2D eigenvalue weighted by Crippen LogP contribution is -2.39. The van der Waals surface area contributed by atoms with E-state index in [0.29, 0.717) is 12.2 Å². The summed E-state index contributed by atoms with van der Waals surface area (Å²) in [6.07, 6.45) is 0.935. The van der Waals surface area contributed by atoms with Gasteiger partial charge in [0.25, 0.3) is 5.91 Å². The summed E-state index contributed by atoms with van der Waals surface area (Å²) in [7, 11) is 0. The van der Waals surface area contributed by atoms with Gasteiger partial charge in [-0.25, -0.2) is 0 Å². The average molecular weight is 302 g/mol. The van der Waals surface area contributed by atoms with E-state index in [1.807, 2.05) is 24.5 Å². The predicted octanol–water partition coefficient (Wildman–Crippen LogP) is 2.73. The lowest BCUT2D eigenvalue weighted by Gasteiger charge is -2.12. The zero-order valence-electron chi connectivity index (χ0n) is 13.4. The van der Waals surface area contributed by atoms with E-state index in [0.717, 1.165) is 22.9 Å². The van der Waals surface area contributed by atoms with Gasteiger partial charge in [0.15, 0.2) is 0 Å². The minimum absolute atomic E-state index is 0.344. The van der Waals surface area contributed by atoms with Crippen molar-refractivity contribution in [3.63, 3.8) is 0 Å². The zero-order chi connectivity index (χ0) is 16.4. The van der Waals surface area contributed by atoms with E-state index in [-0.39, 0.29) is 5.91 Å². The number of amides is 1. The number of nitrogens with one attached hydrogen (secondary N) is 1. The molecule has 0 aliphatic heterocycles. The largest absolute Gasteiger partial charge is 0.480 e. The summed E-state index contributed by atoms with van der Waals surface area (Å²) < 4.78 is 1.94. The van der Waals surface area contributed by atoms with Crippen molar-refractivity contribution in [1.29, 1.82) is 0 Å². The molecular formula is C17H22N2O3. The molecule has 22 heavy (non-hydrogen) atoms. The Morgan fingerprint density at radius 2 is 2.00 bits per heavy atom. The molecule has 0 spiro atoms. The third kappa shape index (κ3) is 2.71. The molecule has 0 saturated heterocycles. The van der Waals surface area contributed by atoms with E-state index in [1.165, 1.54) is 12.5 Å².